The van der Waals surface area contributed by atoms with E-state index in [1.807, 2.05) is 25.1 Å². The SMILES string of the molecule is CC1=NNC(NCc2ccccc2)O1. The quantitative estimate of drug-likeness (QED) is 0.749. The second kappa shape index (κ2) is 4.11. The highest BCUT2D eigenvalue weighted by atomic mass is 16.5. The molecule has 0 amide bonds. The third-order valence-electron chi connectivity index (χ3n) is 1.96. The molecule has 0 spiro atoms. The summed E-state index contributed by atoms with van der Waals surface area (Å²) in [5.41, 5.74) is 4.06. The van der Waals surface area contributed by atoms with Crippen molar-refractivity contribution in [3.63, 3.8) is 0 Å². The summed E-state index contributed by atoms with van der Waals surface area (Å²) in [6, 6.07) is 10.2. The summed E-state index contributed by atoms with van der Waals surface area (Å²) in [4.78, 5) is 0. The standard InChI is InChI=1S/C10H13N3O/c1-8-12-13-10(14-8)11-7-9-5-3-2-4-6-9/h2-6,10-11,13H,7H2,1H3. The minimum absolute atomic E-state index is 0.199. The Morgan fingerprint density at radius 2 is 2.21 bits per heavy atom. The maximum Gasteiger partial charge on any atom is 0.244 e. The number of hydrogen-bond acceptors (Lipinski definition) is 4. The average molecular weight is 191 g/mol. The summed E-state index contributed by atoms with van der Waals surface area (Å²) >= 11 is 0. The van der Waals surface area contributed by atoms with E-state index < -0.39 is 0 Å². The van der Waals surface area contributed by atoms with Gasteiger partial charge >= 0.3 is 0 Å². The molecule has 0 radical (unpaired) electrons. The molecule has 1 unspecified atom stereocenters. The van der Waals surface area contributed by atoms with Gasteiger partial charge in [-0.2, -0.15) is 0 Å². The highest BCUT2D eigenvalue weighted by Crippen LogP contribution is 2.00. The van der Waals surface area contributed by atoms with Gasteiger partial charge in [0, 0.05) is 13.5 Å². The van der Waals surface area contributed by atoms with Crippen molar-refractivity contribution in [2.24, 2.45) is 5.10 Å². The number of hydrazone groups is 1. The Balaban J connectivity index is 1.79. The fraction of sp³-hybridized carbons (Fsp3) is 0.300. The lowest BCUT2D eigenvalue weighted by Crippen LogP contribution is -2.37. The fourth-order valence-corrected chi connectivity index (χ4v) is 1.27. The minimum atomic E-state index is -0.199. The number of ether oxygens (including phenoxy) is 1. The van der Waals surface area contributed by atoms with E-state index in [1.54, 1.807) is 0 Å². The van der Waals surface area contributed by atoms with Crippen LogP contribution in [0.15, 0.2) is 35.4 Å². The number of nitrogens with zero attached hydrogens (tertiary/aromatic N) is 1. The van der Waals surface area contributed by atoms with Crippen LogP contribution in [0.3, 0.4) is 0 Å². The van der Waals surface area contributed by atoms with Crippen LogP contribution in [-0.2, 0) is 11.3 Å². The number of benzene rings is 1. The van der Waals surface area contributed by atoms with Gasteiger partial charge in [0.25, 0.3) is 0 Å². The molecule has 0 fully saturated rings. The molecule has 0 saturated heterocycles. The molecule has 1 aliphatic rings. The van der Waals surface area contributed by atoms with Crippen LogP contribution >= 0.6 is 0 Å². The maximum atomic E-state index is 5.31. The van der Waals surface area contributed by atoms with Gasteiger partial charge in [0.2, 0.25) is 12.2 Å². The van der Waals surface area contributed by atoms with Crippen molar-refractivity contribution in [2.45, 2.75) is 19.8 Å². The predicted octanol–water partition coefficient (Wildman–Crippen LogP) is 1.01. The van der Waals surface area contributed by atoms with E-state index in [2.05, 4.69) is 28.0 Å². The van der Waals surface area contributed by atoms with Crippen molar-refractivity contribution >= 4 is 5.90 Å². The summed E-state index contributed by atoms with van der Waals surface area (Å²) < 4.78 is 5.31. The molecule has 4 nitrogen and oxygen atoms in total. The molecule has 1 atom stereocenters. The van der Waals surface area contributed by atoms with Gasteiger partial charge in [-0.25, -0.2) is 0 Å². The molecule has 2 rings (SSSR count). The van der Waals surface area contributed by atoms with Crippen LogP contribution in [-0.4, -0.2) is 12.2 Å². The van der Waals surface area contributed by atoms with E-state index in [-0.39, 0.29) is 6.35 Å². The van der Waals surface area contributed by atoms with Crippen molar-refractivity contribution in [1.29, 1.82) is 0 Å². The van der Waals surface area contributed by atoms with Crippen molar-refractivity contribution in [2.75, 3.05) is 0 Å². The van der Waals surface area contributed by atoms with Crippen molar-refractivity contribution in [1.82, 2.24) is 10.7 Å². The van der Waals surface area contributed by atoms with Crippen LogP contribution in [0.4, 0.5) is 0 Å². The van der Waals surface area contributed by atoms with E-state index in [0.29, 0.717) is 5.90 Å². The molecule has 2 N–H and O–H groups in total. The first-order valence-corrected chi connectivity index (χ1v) is 4.58. The van der Waals surface area contributed by atoms with E-state index >= 15 is 0 Å². The lowest BCUT2D eigenvalue weighted by molar-refractivity contribution is 0.145. The zero-order valence-corrected chi connectivity index (χ0v) is 8.03. The fourth-order valence-electron chi connectivity index (χ4n) is 1.27. The van der Waals surface area contributed by atoms with Gasteiger partial charge in [0.1, 0.15) is 0 Å². The molecule has 14 heavy (non-hydrogen) atoms. The summed E-state index contributed by atoms with van der Waals surface area (Å²) in [5, 5.41) is 7.09. The second-order valence-corrected chi connectivity index (χ2v) is 3.12. The van der Waals surface area contributed by atoms with Crippen LogP contribution in [0.1, 0.15) is 12.5 Å². The van der Waals surface area contributed by atoms with Crippen molar-refractivity contribution in [3.8, 4) is 0 Å². The second-order valence-electron chi connectivity index (χ2n) is 3.12. The van der Waals surface area contributed by atoms with Gasteiger partial charge in [-0.15, -0.1) is 5.10 Å². The molecular formula is C10H13N3O. The first kappa shape index (κ1) is 9.02. The third kappa shape index (κ3) is 2.23. The third-order valence-corrected chi connectivity index (χ3v) is 1.96. The number of nitrogens with one attached hydrogen (secondary N) is 2. The van der Waals surface area contributed by atoms with E-state index in [4.69, 9.17) is 4.74 Å². The minimum Gasteiger partial charge on any atom is -0.441 e. The van der Waals surface area contributed by atoms with Crippen LogP contribution in [0.25, 0.3) is 0 Å². The Bertz CT molecular complexity index is 323. The van der Waals surface area contributed by atoms with Gasteiger partial charge in [-0.3, -0.25) is 10.7 Å². The summed E-state index contributed by atoms with van der Waals surface area (Å²) in [6.45, 7) is 2.58. The topological polar surface area (TPSA) is 45.7 Å². The van der Waals surface area contributed by atoms with E-state index in [1.165, 1.54) is 5.56 Å². The van der Waals surface area contributed by atoms with Crippen LogP contribution in [0.2, 0.25) is 0 Å². The van der Waals surface area contributed by atoms with E-state index in [0.717, 1.165) is 6.54 Å². The predicted molar refractivity (Wildman–Crippen MR) is 54.4 cm³/mol. The summed E-state index contributed by atoms with van der Waals surface area (Å²) in [7, 11) is 0. The summed E-state index contributed by atoms with van der Waals surface area (Å²) in [5.74, 6) is 0.663. The molecule has 1 aliphatic heterocycles. The maximum absolute atomic E-state index is 5.31. The molecule has 0 aromatic heterocycles. The van der Waals surface area contributed by atoms with Crippen LogP contribution in [0, 0.1) is 0 Å². The molecule has 1 aromatic rings. The Morgan fingerprint density at radius 3 is 2.86 bits per heavy atom. The smallest absolute Gasteiger partial charge is 0.244 e. The average Bonchev–Trinajstić information content (AvgIpc) is 2.63. The van der Waals surface area contributed by atoms with E-state index in [9.17, 15) is 0 Å². The molecule has 1 heterocycles. The Labute approximate surface area is 83.0 Å². The normalized spacial score (nSPS) is 19.8. The highest BCUT2D eigenvalue weighted by molar-refractivity contribution is 5.73. The number of hydrogen-bond donors (Lipinski definition) is 2. The number of rotatable bonds is 3. The molecule has 1 aromatic carbocycles. The summed E-state index contributed by atoms with van der Waals surface area (Å²) in [6.07, 6.45) is -0.199. The Kier molecular flexibility index (Phi) is 2.65. The van der Waals surface area contributed by atoms with Gasteiger partial charge in [-0.1, -0.05) is 30.3 Å². The van der Waals surface area contributed by atoms with Crippen molar-refractivity contribution < 1.29 is 4.74 Å². The molecule has 4 heteroatoms. The van der Waals surface area contributed by atoms with Gasteiger partial charge in [-0.05, 0) is 5.56 Å². The first-order chi connectivity index (χ1) is 6.84. The first-order valence-electron chi connectivity index (χ1n) is 4.58. The largest absolute Gasteiger partial charge is 0.441 e. The zero-order chi connectivity index (χ0) is 9.80. The molecule has 0 bridgehead atoms. The highest BCUT2D eigenvalue weighted by Gasteiger charge is 2.13. The Morgan fingerprint density at radius 1 is 1.43 bits per heavy atom. The van der Waals surface area contributed by atoms with Crippen LogP contribution in [0.5, 0.6) is 0 Å². The molecular weight excluding hydrogens is 178 g/mol. The van der Waals surface area contributed by atoms with Gasteiger partial charge in [0.05, 0.1) is 0 Å². The molecule has 74 valence electrons. The zero-order valence-electron chi connectivity index (χ0n) is 8.03. The lowest BCUT2D eigenvalue weighted by Gasteiger charge is -2.12. The van der Waals surface area contributed by atoms with Crippen LogP contribution < -0.4 is 10.7 Å². The molecule has 0 saturated carbocycles. The van der Waals surface area contributed by atoms with Gasteiger partial charge in [0.15, 0.2) is 0 Å². The molecule has 0 aliphatic carbocycles. The monoisotopic (exact) mass is 191 g/mol. The van der Waals surface area contributed by atoms with Crippen molar-refractivity contribution in [3.05, 3.63) is 35.9 Å². The lowest BCUT2D eigenvalue weighted by atomic mass is 10.2. The Hall–Kier alpha value is -1.55. The van der Waals surface area contributed by atoms with Gasteiger partial charge < -0.3 is 4.74 Å².